The third-order valence-corrected chi connectivity index (χ3v) is 5.42. The van der Waals surface area contributed by atoms with Crippen molar-refractivity contribution in [1.82, 2.24) is 25.5 Å². The van der Waals surface area contributed by atoms with Crippen molar-refractivity contribution in [3.8, 4) is 5.69 Å². The van der Waals surface area contributed by atoms with Gasteiger partial charge in [0.05, 0.1) is 17.5 Å². The van der Waals surface area contributed by atoms with Crippen LogP contribution in [0.2, 0.25) is 0 Å². The van der Waals surface area contributed by atoms with Crippen molar-refractivity contribution in [2.24, 2.45) is 0 Å². The number of aromatic nitrogens is 2. The maximum absolute atomic E-state index is 14.0. The molecule has 1 aromatic carbocycles. The van der Waals surface area contributed by atoms with Crippen LogP contribution in [0.3, 0.4) is 0 Å². The van der Waals surface area contributed by atoms with E-state index in [-0.39, 0.29) is 11.3 Å². The summed E-state index contributed by atoms with van der Waals surface area (Å²) < 4.78 is 15.3. The van der Waals surface area contributed by atoms with Gasteiger partial charge in [-0.2, -0.15) is 10.1 Å². The second-order valence-corrected chi connectivity index (χ2v) is 7.16. The van der Waals surface area contributed by atoms with Gasteiger partial charge in [-0.05, 0) is 31.9 Å². The van der Waals surface area contributed by atoms with Crippen molar-refractivity contribution in [2.75, 3.05) is 0 Å². The topological polar surface area (TPSA) is 96.3 Å². The Morgan fingerprint density at radius 3 is 2.64 bits per heavy atom. The predicted octanol–water partition coefficient (Wildman–Crippen LogP) is 2.22. The minimum Gasteiger partial charge on any atom is -0.322 e. The van der Waals surface area contributed by atoms with Crippen LogP contribution in [0.15, 0.2) is 30.5 Å². The highest BCUT2D eigenvalue weighted by molar-refractivity contribution is 6.09. The minimum atomic E-state index is -0.922. The molecule has 2 fully saturated rings. The molecule has 28 heavy (non-hydrogen) atoms. The molecule has 8 nitrogen and oxygen atoms in total. The van der Waals surface area contributed by atoms with Crippen LogP contribution < -0.4 is 10.7 Å². The third-order valence-electron chi connectivity index (χ3n) is 5.42. The molecular formula is C19H20FN5O3. The molecule has 2 aromatic rings. The van der Waals surface area contributed by atoms with Crippen LogP contribution >= 0.6 is 0 Å². The molecule has 1 aliphatic carbocycles. The standard InChI is InChI=1S/C19H20FN5O3/c1-12-13(11-21-24(12)15-8-4-3-7-14(15)20)16(26)23-25-17(27)19(22-18(25)28)9-5-2-6-10-19/h3-4,7-8,11H,2,5-6,9-10H2,1H3,(H,22,28)(H,23,26). The quantitative estimate of drug-likeness (QED) is 0.792. The molecule has 9 heteroatoms. The number of benzene rings is 1. The lowest BCUT2D eigenvalue weighted by molar-refractivity contribution is -0.134. The Labute approximate surface area is 160 Å². The highest BCUT2D eigenvalue weighted by Crippen LogP contribution is 2.33. The van der Waals surface area contributed by atoms with E-state index in [4.69, 9.17) is 0 Å². The van der Waals surface area contributed by atoms with Gasteiger partial charge < -0.3 is 5.32 Å². The molecule has 1 saturated carbocycles. The van der Waals surface area contributed by atoms with Crippen molar-refractivity contribution < 1.29 is 18.8 Å². The lowest BCUT2D eigenvalue weighted by Crippen LogP contribution is -2.51. The number of para-hydroxylation sites is 1. The minimum absolute atomic E-state index is 0.147. The van der Waals surface area contributed by atoms with E-state index >= 15 is 0 Å². The summed E-state index contributed by atoms with van der Waals surface area (Å²) >= 11 is 0. The molecule has 1 aromatic heterocycles. The molecule has 0 bridgehead atoms. The normalized spacial score (nSPS) is 18.4. The van der Waals surface area contributed by atoms with Crippen molar-refractivity contribution in [1.29, 1.82) is 0 Å². The van der Waals surface area contributed by atoms with Gasteiger partial charge in [0, 0.05) is 0 Å². The summed E-state index contributed by atoms with van der Waals surface area (Å²) in [5.41, 5.74) is 2.19. The van der Waals surface area contributed by atoms with Gasteiger partial charge in [-0.15, -0.1) is 0 Å². The molecule has 4 rings (SSSR count). The van der Waals surface area contributed by atoms with E-state index in [0.717, 1.165) is 24.3 Å². The van der Waals surface area contributed by atoms with Gasteiger partial charge in [-0.25, -0.2) is 13.9 Å². The van der Waals surface area contributed by atoms with E-state index in [0.29, 0.717) is 18.5 Å². The van der Waals surface area contributed by atoms with E-state index < -0.39 is 29.2 Å². The summed E-state index contributed by atoms with van der Waals surface area (Å²) in [5.74, 6) is -1.57. The zero-order valence-corrected chi connectivity index (χ0v) is 15.4. The second kappa shape index (κ2) is 6.74. The number of urea groups is 1. The predicted molar refractivity (Wildman–Crippen MR) is 96.9 cm³/mol. The Balaban J connectivity index is 1.56. The zero-order chi connectivity index (χ0) is 19.9. The van der Waals surface area contributed by atoms with Gasteiger partial charge in [0.2, 0.25) is 0 Å². The third kappa shape index (κ3) is 2.83. The van der Waals surface area contributed by atoms with Gasteiger partial charge in [0.15, 0.2) is 0 Å². The first-order valence-corrected chi connectivity index (χ1v) is 9.20. The lowest BCUT2D eigenvalue weighted by atomic mass is 9.82. The monoisotopic (exact) mass is 385 g/mol. The molecule has 146 valence electrons. The smallest absolute Gasteiger partial charge is 0.322 e. The number of rotatable bonds is 3. The van der Waals surface area contributed by atoms with E-state index in [9.17, 15) is 18.8 Å². The molecule has 0 atom stereocenters. The van der Waals surface area contributed by atoms with Gasteiger partial charge in [0.25, 0.3) is 11.8 Å². The lowest BCUT2D eigenvalue weighted by Gasteiger charge is -2.30. The molecular weight excluding hydrogens is 365 g/mol. The van der Waals surface area contributed by atoms with Gasteiger partial charge in [-0.1, -0.05) is 31.4 Å². The highest BCUT2D eigenvalue weighted by atomic mass is 19.1. The van der Waals surface area contributed by atoms with Crippen LogP contribution in [0.5, 0.6) is 0 Å². The second-order valence-electron chi connectivity index (χ2n) is 7.16. The van der Waals surface area contributed by atoms with Gasteiger partial charge in [-0.3, -0.25) is 15.0 Å². The van der Waals surface area contributed by atoms with Crippen LogP contribution in [0.4, 0.5) is 9.18 Å². The Bertz CT molecular complexity index is 964. The highest BCUT2D eigenvalue weighted by Gasteiger charge is 2.52. The van der Waals surface area contributed by atoms with Crippen LogP contribution in [-0.2, 0) is 4.79 Å². The Kier molecular flexibility index (Phi) is 4.37. The number of amides is 4. The fourth-order valence-electron chi connectivity index (χ4n) is 3.88. The largest absolute Gasteiger partial charge is 0.344 e. The van der Waals surface area contributed by atoms with Gasteiger partial charge in [0.1, 0.15) is 17.0 Å². The van der Waals surface area contributed by atoms with Crippen LogP contribution in [0.25, 0.3) is 5.69 Å². The first-order chi connectivity index (χ1) is 13.4. The summed E-state index contributed by atoms with van der Waals surface area (Å²) in [7, 11) is 0. The maximum Gasteiger partial charge on any atom is 0.344 e. The van der Waals surface area contributed by atoms with Crippen LogP contribution in [0.1, 0.15) is 48.2 Å². The number of hydrogen-bond acceptors (Lipinski definition) is 4. The summed E-state index contributed by atoms with van der Waals surface area (Å²) in [5, 5.41) is 7.55. The first-order valence-electron chi connectivity index (χ1n) is 9.20. The summed E-state index contributed by atoms with van der Waals surface area (Å²) in [4.78, 5) is 37.7. The summed E-state index contributed by atoms with van der Waals surface area (Å²) in [6.45, 7) is 1.61. The van der Waals surface area contributed by atoms with Crippen LogP contribution in [0, 0.1) is 12.7 Å². The average molecular weight is 385 g/mol. The molecule has 1 aliphatic heterocycles. The average Bonchev–Trinajstić information content (AvgIpc) is 3.16. The number of carbonyl (C=O) groups is 3. The Hall–Kier alpha value is -3.23. The SMILES string of the molecule is Cc1c(C(=O)NN2C(=O)NC3(CCCCC3)C2=O)cnn1-c1ccccc1F. The number of halogens is 1. The number of nitrogens with one attached hydrogen (secondary N) is 2. The number of nitrogens with zero attached hydrogens (tertiary/aromatic N) is 3. The zero-order valence-electron chi connectivity index (χ0n) is 15.4. The Morgan fingerprint density at radius 2 is 1.93 bits per heavy atom. The Morgan fingerprint density at radius 1 is 1.21 bits per heavy atom. The summed E-state index contributed by atoms with van der Waals surface area (Å²) in [6.07, 6.45) is 5.13. The first kappa shape index (κ1) is 18.1. The number of carbonyl (C=O) groups excluding carboxylic acids is 3. The maximum atomic E-state index is 14.0. The molecule has 0 radical (unpaired) electrons. The fraction of sp³-hybridized carbons (Fsp3) is 0.368. The molecule has 1 saturated heterocycles. The van der Waals surface area contributed by atoms with E-state index in [2.05, 4.69) is 15.8 Å². The van der Waals surface area contributed by atoms with E-state index in [1.165, 1.54) is 16.9 Å². The van der Waals surface area contributed by atoms with E-state index in [1.807, 2.05) is 0 Å². The molecule has 0 unspecified atom stereocenters. The molecule has 4 amide bonds. The van der Waals surface area contributed by atoms with E-state index in [1.54, 1.807) is 25.1 Å². The van der Waals surface area contributed by atoms with Crippen molar-refractivity contribution >= 4 is 17.8 Å². The van der Waals surface area contributed by atoms with Crippen molar-refractivity contribution in [3.05, 3.63) is 47.5 Å². The van der Waals surface area contributed by atoms with Crippen molar-refractivity contribution in [3.63, 3.8) is 0 Å². The number of hydrazine groups is 1. The summed E-state index contributed by atoms with van der Waals surface area (Å²) in [6, 6.07) is 5.42. The molecule has 1 spiro atoms. The number of imide groups is 1. The van der Waals surface area contributed by atoms with Crippen molar-refractivity contribution in [2.45, 2.75) is 44.6 Å². The van der Waals surface area contributed by atoms with Gasteiger partial charge >= 0.3 is 6.03 Å². The molecule has 2 heterocycles. The molecule has 2 N–H and O–H groups in total. The molecule has 2 aliphatic rings. The fourth-order valence-corrected chi connectivity index (χ4v) is 3.88. The number of hydrogen-bond donors (Lipinski definition) is 2. The van der Waals surface area contributed by atoms with Crippen LogP contribution in [-0.4, -0.2) is 38.2 Å².